The third-order valence-corrected chi connectivity index (χ3v) is 4.14. The predicted octanol–water partition coefficient (Wildman–Crippen LogP) is 3.96. The van der Waals surface area contributed by atoms with Crippen molar-refractivity contribution in [1.82, 2.24) is 9.55 Å². The number of ether oxygens (including phenoxy) is 2. The average Bonchev–Trinajstić information content (AvgIpc) is 3.08. The van der Waals surface area contributed by atoms with Gasteiger partial charge in [-0.05, 0) is 51.3 Å². The van der Waals surface area contributed by atoms with Crippen LogP contribution in [0.5, 0.6) is 5.75 Å². The van der Waals surface area contributed by atoms with E-state index in [-0.39, 0.29) is 11.4 Å². The standard InChI is InChI=1S/C19H21N3O5/c1-19(2,3)27-18(23)21-10-15(20-11-21)13-6-5-7-14-12(13)8-9-16(26-4)17(14)22(24)25/h6,8-11H,5,7H2,1-4H3. The highest BCUT2D eigenvalue weighted by atomic mass is 16.6. The van der Waals surface area contributed by atoms with Gasteiger partial charge in [-0.2, -0.15) is 0 Å². The largest absolute Gasteiger partial charge is 0.490 e. The lowest BCUT2D eigenvalue weighted by Crippen LogP contribution is -2.26. The van der Waals surface area contributed by atoms with E-state index in [1.54, 1.807) is 39.1 Å². The smallest absolute Gasteiger partial charge is 0.419 e. The summed E-state index contributed by atoms with van der Waals surface area (Å²) >= 11 is 0. The summed E-state index contributed by atoms with van der Waals surface area (Å²) in [4.78, 5) is 27.6. The molecule has 27 heavy (non-hydrogen) atoms. The molecule has 0 saturated carbocycles. The SMILES string of the molecule is COc1ccc2c(c1[N+](=O)[O-])CCC=C2c1cn(C(=O)OC(C)(C)C)cn1. The van der Waals surface area contributed by atoms with Gasteiger partial charge in [-0.15, -0.1) is 0 Å². The minimum atomic E-state index is -0.616. The number of fused-ring (bicyclic) bond motifs is 1. The molecule has 2 aromatic rings. The average molecular weight is 371 g/mol. The molecular formula is C19H21N3O5. The summed E-state index contributed by atoms with van der Waals surface area (Å²) in [5, 5.41) is 11.5. The van der Waals surface area contributed by atoms with E-state index in [2.05, 4.69) is 4.98 Å². The molecular weight excluding hydrogens is 350 g/mol. The van der Waals surface area contributed by atoms with Gasteiger partial charge in [0.1, 0.15) is 11.9 Å². The fraction of sp³-hybridized carbons (Fsp3) is 0.368. The summed E-state index contributed by atoms with van der Waals surface area (Å²) in [7, 11) is 1.41. The Bertz CT molecular complexity index is 937. The van der Waals surface area contributed by atoms with Crippen molar-refractivity contribution in [2.45, 2.75) is 39.2 Å². The molecule has 0 unspecified atom stereocenters. The van der Waals surface area contributed by atoms with Crippen LogP contribution in [0.2, 0.25) is 0 Å². The van der Waals surface area contributed by atoms with Crippen LogP contribution < -0.4 is 4.74 Å². The van der Waals surface area contributed by atoms with Crippen molar-refractivity contribution in [3.63, 3.8) is 0 Å². The molecule has 0 fully saturated rings. The number of nitro groups is 1. The molecule has 0 radical (unpaired) electrons. The molecule has 0 saturated heterocycles. The molecule has 0 bridgehead atoms. The van der Waals surface area contributed by atoms with Gasteiger partial charge in [-0.1, -0.05) is 6.08 Å². The second kappa shape index (κ2) is 6.86. The van der Waals surface area contributed by atoms with Crippen LogP contribution in [0.15, 0.2) is 30.7 Å². The van der Waals surface area contributed by atoms with Crippen LogP contribution in [0.1, 0.15) is 44.0 Å². The van der Waals surface area contributed by atoms with Crippen LogP contribution in [0.4, 0.5) is 10.5 Å². The minimum Gasteiger partial charge on any atom is -0.490 e. The van der Waals surface area contributed by atoms with Crippen molar-refractivity contribution in [3.05, 3.63) is 57.7 Å². The second-order valence-electron chi connectivity index (χ2n) is 7.20. The molecule has 8 nitrogen and oxygen atoms in total. The lowest BCUT2D eigenvalue weighted by Gasteiger charge is -2.19. The lowest BCUT2D eigenvalue weighted by atomic mass is 9.88. The molecule has 142 valence electrons. The molecule has 3 rings (SSSR count). The van der Waals surface area contributed by atoms with E-state index in [4.69, 9.17) is 9.47 Å². The van der Waals surface area contributed by atoms with Crippen LogP contribution in [0, 0.1) is 10.1 Å². The molecule has 0 N–H and O–H groups in total. The predicted molar refractivity (Wildman–Crippen MR) is 98.9 cm³/mol. The number of methoxy groups -OCH3 is 1. The molecule has 1 aromatic carbocycles. The Kier molecular flexibility index (Phi) is 4.73. The van der Waals surface area contributed by atoms with Gasteiger partial charge in [0, 0.05) is 17.3 Å². The summed E-state index contributed by atoms with van der Waals surface area (Å²) < 4.78 is 11.8. The third kappa shape index (κ3) is 3.69. The normalized spacial score (nSPS) is 13.6. The van der Waals surface area contributed by atoms with Crippen molar-refractivity contribution in [3.8, 4) is 5.75 Å². The zero-order chi connectivity index (χ0) is 19.8. The summed E-state index contributed by atoms with van der Waals surface area (Å²) in [6.45, 7) is 5.36. The number of nitrogens with zero attached hydrogens (tertiary/aromatic N) is 3. The first-order valence-electron chi connectivity index (χ1n) is 8.54. The Hall–Kier alpha value is -3.16. The number of rotatable bonds is 3. The fourth-order valence-corrected chi connectivity index (χ4v) is 3.07. The Labute approximate surface area is 156 Å². The summed E-state index contributed by atoms with van der Waals surface area (Å²) in [5.41, 5.74) is 2.01. The van der Waals surface area contributed by atoms with Gasteiger partial charge in [0.25, 0.3) is 0 Å². The maximum Gasteiger partial charge on any atom is 0.419 e. The number of imidazole rings is 1. The van der Waals surface area contributed by atoms with E-state index in [1.807, 2.05) is 6.08 Å². The Morgan fingerprint density at radius 2 is 2.07 bits per heavy atom. The number of nitro benzene ring substituents is 1. The molecule has 1 heterocycles. The lowest BCUT2D eigenvalue weighted by molar-refractivity contribution is -0.386. The topological polar surface area (TPSA) is 96.5 Å². The quantitative estimate of drug-likeness (QED) is 0.598. The van der Waals surface area contributed by atoms with Crippen LogP contribution in [-0.2, 0) is 11.2 Å². The zero-order valence-electron chi connectivity index (χ0n) is 15.7. The van der Waals surface area contributed by atoms with E-state index in [1.165, 1.54) is 18.0 Å². The van der Waals surface area contributed by atoms with Crippen LogP contribution in [-0.4, -0.2) is 33.3 Å². The number of benzene rings is 1. The van der Waals surface area contributed by atoms with Crippen molar-refractivity contribution >= 4 is 17.4 Å². The monoisotopic (exact) mass is 371 g/mol. The number of hydrogen-bond donors (Lipinski definition) is 0. The Balaban J connectivity index is 2.00. The number of carbonyl (C=O) groups excluding carboxylic acids is 1. The molecule has 1 aliphatic carbocycles. The van der Waals surface area contributed by atoms with Gasteiger partial charge in [0.2, 0.25) is 0 Å². The first-order chi connectivity index (χ1) is 12.7. The van der Waals surface area contributed by atoms with E-state index in [0.29, 0.717) is 24.1 Å². The van der Waals surface area contributed by atoms with Crippen LogP contribution in [0.3, 0.4) is 0 Å². The maximum atomic E-state index is 12.2. The number of hydrogen-bond acceptors (Lipinski definition) is 6. The molecule has 0 atom stereocenters. The molecule has 0 aliphatic heterocycles. The van der Waals surface area contributed by atoms with Gasteiger partial charge in [-0.3, -0.25) is 10.1 Å². The first kappa shape index (κ1) is 18.6. The Morgan fingerprint density at radius 3 is 2.70 bits per heavy atom. The second-order valence-corrected chi connectivity index (χ2v) is 7.20. The Morgan fingerprint density at radius 1 is 1.33 bits per heavy atom. The van der Waals surface area contributed by atoms with Crippen LogP contribution in [0.25, 0.3) is 5.57 Å². The maximum absolute atomic E-state index is 12.2. The summed E-state index contributed by atoms with van der Waals surface area (Å²) in [6, 6.07) is 3.37. The minimum absolute atomic E-state index is 0.0211. The van der Waals surface area contributed by atoms with Gasteiger partial charge in [0.05, 0.1) is 17.7 Å². The highest BCUT2D eigenvalue weighted by Crippen LogP contribution is 2.40. The number of allylic oxidation sites excluding steroid dienone is 1. The molecule has 8 heteroatoms. The fourth-order valence-electron chi connectivity index (χ4n) is 3.07. The highest BCUT2D eigenvalue weighted by molar-refractivity contribution is 5.84. The van der Waals surface area contributed by atoms with Crippen LogP contribution >= 0.6 is 0 Å². The van der Waals surface area contributed by atoms with Gasteiger partial charge in [-0.25, -0.2) is 14.3 Å². The zero-order valence-corrected chi connectivity index (χ0v) is 15.7. The van der Waals surface area contributed by atoms with E-state index in [9.17, 15) is 14.9 Å². The third-order valence-electron chi connectivity index (χ3n) is 4.14. The highest BCUT2D eigenvalue weighted by Gasteiger charge is 2.28. The summed E-state index contributed by atoms with van der Waals surface area (Å²) in [5.74, 6) is 0.235. The number of carbonyl (C=O) groups is 1. The van der Waals surface area contributed by atoms with Gasteiger partial charge in [0.15, 0.2) is 5.75 Å². The number of aromatic nitrogens is 2. The van der Waals surface area contributed by atoms with Gasteiger partial charge < -0.3 is 9.47 Å². The molecule has 1 aromatic heterocycles. The summed E-state index contributed by atoms with van der Waals surface area (Å²) in [6.07, 6.45) is 5.58. The molecule has 0 spiro atoms. The van der Waals surface area contributed by atoms with Crippen molar-refractivity contribution in [1.29, 1.82) is 0 Å². The molecule has 1 aliphatic rings. The van der Waals surface area contributed by atoms with E-state index < -0.39 is 16.6 Å². The van der Waals surface area contributed by atoms with Crippen molar-refractivity contribution < 1.29 is 19.2 Å². The van der Waals surface area contributed by atoms with Crippen molar-refractivity contribution in [2.75, 3.05) is 7.11 Å². The van der Waals surface area contributed by atoms with E-state index >= 15 is 0 Å². The first-order valence-corrected chi connectivity index (χ1v) is 8.54. The van der Waals surface area contributed by atoms with E-state index in [0.717, 1.165) is 11.1 Å². The molecule has 0 amide bonds. The van der Waals surface area contributed by atoms with Gasteiger partial charge >= 0.3 is 11.8 Å². The van der Waals surface area contributed by atoms with Crippen molar-refractivity contribution in [2.24, 2.45) is 0 Å².